The van der Waals surface area contributed by atoms with Gasteiger partial charge in [-0.1, -0.05) is 89.6 Å². The van der Waals surface area contributed by atoms with Crippen LogP contribution in [0.15, 0.2) is 72.8 Å². The highest BCUT2D eigenvalue weighted by Gasteiger charge is 2.16. The maximum Gasteiger partial charge on any atom is 0.201 e. The van der Waals surface area contributed by atoms with Gasteiger partial charge in [0.05, 0.1) is 13.2 Å². The lowest BCUT2D eigenvalue weighted by molar-refractivity contribution is 0.295. The zero-order chi connectivity index (χ0) is 31.1. The van der Waals surface area contributed by atoms with E-state index in [0.717, 1.165) is 31.2 Å². The second kappa shape index (κ2) is 17.9. The Labute approximate surface area is 248 Å². The Morgan fingerprint density at radius 2 is 0.952 bits per heavy atom. The van der Waals surface area contributed by atoms with E-state index in [2.05, 4.69) is 6.92 Å². The smallest absolute Gasteiger partial charge is 0.201 e. The van der Waals surface area contributed by atoms with Crippen molar-refractivity contribution in [3.8, 4) is 33.8 Å². The molecular weight excluding hydrogens is 540 g/mol. The third-order valence-electron chi connectivity index (χ3n) is 6.33. The van der Waals surface area contributed by atoms with Gasteiger partial charge in [0.1, 0.15) is 0 Å². The summed E-state index contributed by atoms with van der Waals surface area (Å²) in [4.78, 5) is 0. The van der Waals surface area contributed by atoms with E-state index in [0.29, 0.717) is 24.3 Å². The summed E-state index contributed by atoms with van der Waals surface area (Å²) >= 11 is 0. The number of benzene rings is 4. The fraction of sp³-hybridized carbons (Fsp3) is 0.333. The van der Waals surface area contributed by atoms with Gasteiger partial charge >= 0.3 is 0 Å². The Hall–Kier alpha value is -3.80. The lowest BCUT2D eigenvalue weighted by atomic mass is 10.0. The fourth-order valence-corrected chi connectivity index (χ4v) is 4.16. The monoisotopic (exact) mass is 582 g/mol. The van der Waals surface area contributed by atoms with Crippen LogP contribution in [0.1, 0.15) is 65.5 Å². The number of hydrogen-bond acceptors (Lipinski definition) is 2. The molecule has 0 aliphatic rings. The van der Waals surface area contributed by atoms with Gasteiger partial charge in [0.2, 0.25) is 11.6 Å². The Bertz CT molecular complexity index is 1370. The third-order valence-corrected chi connectivity index (χ3v) is 6.33. The van der Waals surface area contributed by atoms with E-state index in [9.17, 15) is 17.6 Å². The molecular formula is C36H42F4O2. The van der Waals surface area contributed by atoms with Crippen LogP contribution in [-0.2, 0) is 12.8 Å². The average molecular weight is 583 g/mol. The molecule has 0 heterocycles. The zero-order valence-corrected chi connectivity index (χ0v) is 25.5. The van der Waals surface area contributed by atoms with Gasteiger partial charge in [-0.2, -0.15) is 8.78 Å². The number of halogens is 4. The highest BCUT2D eigenvalue weighted by molar-refractivity contribution is 5.66. The molecule has 0 aliphatic carbocycles. The molecule has 0 unspecified atom stereocenters. The summed E-state index contributed by atoms with van der Waals surface area (Å²) in [6.45, 7) is 12.5. The summed E-state index contributed by atoms with van der Waals surface area (Å²) in [5, 5.41) is 0. The van der Waals surface area contributed by atoms with Crippen LogP contribution in [-0.4, -0.2) is 13.2 Å². The fourth-order valence-electron chi connectivity index (χ4n) is 4.16. The minimum atomic E-state index is -0.932. The van der Waals surface area contributed by atoms with E-state index < -0.39 is 23.3 Å². The normalized spacial score (nSPS) is 10.2. The number of aryl methyl sites for hydroxylation is 2. The third kappa shape index (κ3) is 9.10. The van der Waals surface area contributed by atoms with Crippen molar-refractivity contribution >= 4 is 0 Å². The molecule has 0 atom stereocenters. The number of rotatable bonds is 10. The van der Waals surface area contributed by atoms with Gasteiger partial charge in [-0.3, -0.25) is 0 Å². The van der Waals surface area contributed by atoms with Crippen LogP contribution in [0, 0.1) is 23.3 Å². The molecule has 4 rings (SSSR count). The molecule has 0 aliphatic heterocycles. The first-order valence-corrected chi connectivity index (χ1v) is 14.7. The van der Waals surface area contributed by atoms with Crippen LogP contribution in [0.3, 0.4) is 0 Å². The van der Waals surface area contributed by atoms with E-state index in [1.54, 1.807) is 31.2 Å². The SMILES string of the molecule is CC.CCCOc1ccc(-c2ccc(CCC)cc2)c(F)c1F.CCOc1ccc(-c2ccc(CC)cc2)c(F)c1F. The van der Waals surface area contributed by atoms with E-state index in [1.807, 2.05) is 64.1 Å². The Balaban J connectivity index is 0.000000278. The first-order chi connectivity index (χ1) is 20.3. The number of hydrogen-bond donors (Lipinski definition) is 0. The van der Waals surface area contributed by atoms with Gasteiger partial charge in [-0.05, 0) is 72.7 Å². The molecule has 4 aromatic carbocycles. The summed E-state index contributed by atoms with van der Waals surface area (Å²) in [7, 11) is 0. The van der Waals surface area contributed by atoms with Crippen molar-refractivity contribution in [2.45, 2.75) is 67.2 Å². The molecule has 0 amide bonds. The standard InChI is InChI=1S/C18H20F2O.C16H16F2O.C2H6/c1-3-5-13-6-8-14(9-7-13)15-10-11-16(21-12-4-2)18(20)17(15)19;1-3-11-5-7-12(8-6-11)13-9-10-14(19-4-2)16(18)15(13)17;1-2/h6-11H,3-5,12H2,1-2H3;5-10H,3-4H2,1-2H3;1-2H3. The van der Waals surface area contributed by atoms with Gasteiger partial charge in [0, 0.05) is 11.1 Å². The molecule has 0 fully saturated rings. The highest BCUT2D eigenvalue weighted by Crippen LogP contribution is 2.31. The topological polar surface area (TPSA) is 18.5 Å². The largest absolute Gasteiger partial charge is 0.491 e. The minimum Gasteiger partial charge on any atom is -0.491 e. The molecule has 4 aromatic rings. The lowest BCUT2D eigenvalue weighted by Crippen LogP contribution is -2.00. The van der Waals surface area contributed by atoms with E-state index >= 15 is 0 Å². The quantitative estimate of drug-likeness (QED) is 0.173. The Morgan fingerprint density at radius 1 is 0.500 bits per heavy atom. The van der Waals surface area contributed by atoms with Crippen LogP contribution < -0.4 is 9.47 Å². The predicted molar refractivity (Wildman–Crippen MR) is 165 cm³/mol. The van der Waals surface area contributed by atoms with Crippen molar-refractivity contribution in [2.24, 2.45) is 0 Å². The van der Waals surface area contributed by atoms with Crippen molar-refractivity contribution in [1.29, 1.82) is 0 Å². The van der Waals surface area contributed by atoms with Crippen LogP contribution >= 0.6 is 0 Å². The average Bonchev–Trinajstić information content (AvgIpc) is 3.02. The number of ether oxygens (including phenoxy) is 2. The van der Waals surface area contributed by atoms with Gasteiger partial charge in [-0.25, -0.2) is 8.78 Å². The first-order valence-electron chi connectivity index (χ1n) is 14.7. The molecule has 0 radical (unpaired) electrons. The van der Waals surface area contributed by atoms with Gasteiger partial charge < -0.3 is 9.47 Å². The summed E-state index contributed by atoms with van der Waals surface area (Å²) in [6.07, 6.45) is 3.72. The molecule has 0 saturated heterocycles. The molecule has 226 valence electrons. The van der Waals surface area contributed by atoms with Crippen LogP contribution in [0.5, 0.6) is 11.5 Å². The van der Waals surface area contributed by atoms with Crippen LogP contribution in [0.4, 0.5) is 17.6 Å². The van der Waals surface area contributed by atoms with Gasteiger partial charge in [0.15, 0.2) is 23.1 Å². The Morgan fingerprint density at radius 3 is 1.36 bits per heavy atom. The molecule has 42 heavy (non-hydrogen) atoms. The second-order valence-corrected chi connectivity index (χ2v) is 9.26. The minimum absolute atomic E-state index is 0.0271. The van der Waals surface area contributed by atoms with Crippen LogP contribution in [0.25, 0.3) is 22.3 Å². The molecule has 2 nitrogen and oxygen atoms in total. The van der Waals surface area contributed by atoms with Gasteiger partial charge in [-0.15, -0.1) is 0 Å². The molecule has 0 N–H and O–H groups in total. The van der Waals surface area contributed by atoms with Crippen molar-refractivity contribution in [1.82, 2.24) is 0 Å². The van der Waals surface area contributed by atoms with E-state index in [1.165, 1.54) is 17.7 Å². The maximum absolute atomic E-state index is 14.2. The predicted octanol–water partition coefficient (Wildman–Crippen LogP) is 11.0. The summed E-state index contributed by atoms with van der Waals surface area (Å²) in [5.41, 5.74) is 4.22. The van der Waals surface area contributed by atoms with Crippen molar-refractivity contribution < 1.29 is 27.0 Å². The molecule has 0 bridgehead atoms. The van der Waals surface area contributed by atoms with Gasteiger partial charge in [0.25, 0.3) is 0 Å². The van der Waals surface area contributed by atoms with Crippen molar-refractivity contribution in [3.05, 3.63) is 107 Å². The first kappa shape index (κ1) is 34.4. The maximum atomic E-state index is 14.2. The molecule has 0 saturated carbocycles. The van der Waals surface area contributed by atoms with E-state index in [4.69, 9.17) is 9.47 Å². The lowest BCUT2D eigenvalue weighted by Gasteiger charge is -2.10. The Kier molecular flexibility index (Phi) is 14.7. The van der Waals surface area contributed by atoms with Crippen molar-refractivity contribution in [3.63, 3.8) is 0 Å². The van der Waals surface area contributed by atoms with Crippen molar-refractivity contribution in [2.75, 3.05) is 13.2 Å². The molecule has 0 spiro atoms. The molecule has 0 aromatic heterocycles. The second-order valence-electron chi connectivity index (χ2n) is 9.26. The summed E-state index contributed by atoms with van der Waals surface area (Å²) in [6, 6.07) is 21.1. The highest BCUT2D eigenvalue weighted by atomic mass is 19.2. The molecule has 6 heteroatoms. The zero-order valence-electron chi connectivity index (χ0n) is 25.5. The van der Waals surface area contributed by atoms with E-state index in [-0.39, 0.29) is 22.6 Å². The summed E-state index contributed by atoms with van der Waals surface area (Å²) < 4.78 is 66.1. The van der Waals surface area contributed by atoms with Crippen LogP contribution in [0.2, 0.25) is 0 Å². The summed E-state index contributed by atoms with van der Waals surface area (Å²) in [5.74, 6) is -3.64.